The molecule has 2 rings (SSSR count). The molecule has 0 aromatic heterocycles. The Balaban J connectivity index is 2.25. The van der Waals surface area contributed by atoms with Crippen molar-refractivity contribution >= 4 is 44.8 Å². The fourth-order valence-corrected chi connectivity index (χ4v) is 2.19. The Hall–Kier alpha value is -1.52. The van der Waals surface area contributed by atoms with Crippen LogP contribution in [0.25, 0.3) is 0 Å². The van der Waals surface area contributed by atoms with Crippen molar-refractivity contribution in [3.05, 3.63) is 57.0 Å². The number of anilines is 2. The Kier molecular flexibility index (Phi) is 4.12. The van der Waals surface area contributed by atoms with Gasteiger partial charge in [-0.25, -0.2) is 0 Å². The first kappa shape index (κ1) is 13.9. The van der Waals surface area contributed by atoms with Gasteiger partial charge in [0.2, 0.25) is 0 Å². The summed E-state index contributed by atoms with van der Waals surface area (Å²) in [5.41, 5.74) is 8.31. The third-order valence-corrected chi connectivity index (χ3v) is 3.76. The van der Waals surface area contributed by atoms with Crippen molar-refractivity contribution in [1.29, 1.82) is 0 Å². The van der Waals surface area contributed by atoms with Crippen LogP contribution in [0.5, 0.6) is 0 Å². The average Bonchev–Trinajstić information content (AvgIpc) is 2.36. The maximum atomic E-state index is 12.1. The third kappa shape index (κ3) is 3.28. The minimum atomic E-state index is -0.237. The number of carbonyl (C=O) groups is 1. The number of carbonyl (C=O) groups excluding carboxylic acids is 1. The van der Waals surface area contributed by atoms with Gasteiger partial charge in [-0.3, -0.25) is 4.79 Å². The summed E-state index contributed by atoms with van der Waals surface area (Å²) in [4.78, 5) is 12.1. The van der Waals surface area contributed by atoms with Gasteiger partial charge < -0.3 is 11.1 Å². The first-order valence-corrected chi connectivity index (χ1v) is 6.77. The Morgan fingerprint density at radius 3 is 2.68 bits per heavy atom. The van der Waals surface area contributed by atoms with E-state index in [1.807, 2.05) is 13.0 Å². The minimum absolute atomic E-state index is 0.237. The lowest BCUT2D eigenvalue weighted by atomic mass is 10.1. The van der Waals surface area contributed by atoms with Gasteiger partial charge in [0.05, 0.1) is 5.56 Å². The van der Waals surface area contributed by atoms with Crippen molar-refractivity contribution in [3.63, 3.8) is 0 Å². The highest BCUT2D eigenvalue weighted by Crippen LogP contribution is 2.23. The first-order valence-electron chi connectivity index (χ1n) is 5.60. The molecule has 0 spiro atoms. The highest BCUT2D eigenvalue weighted by molar-refractivity contribution is 9.10. The molecule has 0 aliphatic carbocycles. The number of halogens is 2. The molecule has 2 aromatic rings. The van der Waals surface area contributed by atoms with Crippen molar-refractivity contribution in [2.24, 2.45) is 0 Å². The van der Waals surface area contributed by atoms with Crippen LogP contribution < -0.4 is 11.1 Å². The average molecular weight is 340 g/mol. The van der Waals surface area contributed by atoms with E-state index >= 15 is 0 Å². The zero-order valence-corrected chi connectivity index (χ0v) is 12.5. The molecule has 2 aromatic carbocycles. The molecule has 0 bridgehead atoms. The molecule has 0 unspecified atom stereocenters. The number of nitrogens with one attached hydrogen (secondary N) is 1. The van der Waals surface area contributed by atoms with E-state index in [1.165, 1.54) is 0 Å². The molecule has 0 saturated heterocycles. The van der Waals surface area contributed by atoms with Crippen LogP contribution in [0.4, 0.5) is 11.4 Å². The van der Waals surface area contributed by atoms with Crippen molar-refractivity contribution in [3.8, 4) is 0 Å². The van der Waals surface area contributed by atoms with E-state index in [9.17, 15) is 4.79 Å². The lowest BCUT2D eigenvalue weighted by molar-refractivity contribution is 0.102. The van der Waals surface area contributed by atoms with E-state index in [4.69, 9.17) is 17.3 Å². The Morgan fingerprint density at radius 1 is 1.26 bits per heavy atom. The number of nitrogen functional groups attached to an aromatic ring is 1. The lowest BCUT2D eigenvalue weighted by Crippen LogP contribution is -2.13. The Labute approximate surface area is 124 Å². The number of aryl methyl sites for hydroxylation is 1. The van der Waals surface area contributed by atoms with Gasteiger partial charge in [-0.1, -0.05) is 17.7 Å². The highest BCUT2D eigenvalue weighted by Gasteiger charge is 2.11. The molecule has 0 aliphatic heterocycles. The van der Waals surface area contributed by atoms with Crippen LogP contribution in [0.1, 0.15) is 15.9 Å². The Morgan fingerprint density at radius 2 is 2.00 bits per heavy atom. The molecule has 5 heteroatoms. The molecule has 0 saturated carbocycles. The first-order chi connectivity index (χ1) is 8.97. The van der Waals surface area contributed by atoms with Crippen molar-refractivity contribution in [1.82, 2.24) is 0 Å². The van der Waals surface area contributed by atoms with Crippen LogP contribution in [0.3, 0.4) is 0 Å². The maximum absolute atomic E-state index is 12.1. The quantitative estimate of drug-likeness (QED) is 0.804. The molecule has 1 amide bonds. The molecular weight excluding hydrogens is 328 g/mol. The van der Waals surface area contributed by atoms with Gasteiger partial charge in [-0.15, -0.1) is 0 Å². The van der Waals surface area contributed by atoms with Gasteiger partial charge in [-0.05, 0) is 58.7 Å². The van der Waals surface area contributed by atoms with Crippen LogP contribution in [-0.2, 0) is 0 Å². The van der Waals surface area contributed by atoms with E-state index in [2.05, 4.69) is 21.2 Å². The smallest absolute Gasteiger partial charge is 0.256 e. The van der Waals surface area contributed by atoms with E-state index < -0.39 is 0 Å². The molecule has 3 nitrogen and oxygen atoms in total. The normalized spacial score (nSPS) is 10.3. The third-order valence-electron chi connectivity index (χ3n) is 2.66. The fraction of sp³-hybridized carbons (Fsp3) is 0.0714. The molecular formula is C14H12BrClN2O. The van der Waals surface area contributed by atoms with Crippen molar-refractivity contribution < 1.29 is 4.79 Å². The second-order valence-corrected chi connectivity index (χ2v) is 5.42. The second kappa shape index (κ2) is 5.63. The number of benzene rings is 2. The molecule has 0 radical (unpaired) electrons. The standard InChI is InChI=1S/C14H12BrClN2O/c1-8-2-4-10(7-13(8)16)18-14(19)11-6-9(17)3-5-12(11)15/h2-7H,17H2,1H3,(H,18,19). The van der Waals surface area contributed by atoms with Crippen molar-refractivity contribution in [2.45, 2.75) is 6.92 Å². The van der Waals surface area contributed by atoms with Crippen LogP contribution >= 0.6 is 27.5 Å². The van der Waals surface area contributed by atoms with E-state index in [-0.39, 0.29) is 5.91 Å². The van der Waals surface area contributed by atoms with E-state index in [0.29, 0.717) is 26.4 Å². The van der Waals surface area contributed by atoms with Crippen LogP contribution in [0.2, 0.25) is 5.02 Å². The van der Waals surface area contributed by atoms with Gasteiger partial charge in [-0.2, -0.15) is 0 Å². The Bertz CT molecular complexity index is 643. The molecule has 0 atom stereocenters. The number of hydrogen-bond donors (Lipinski definition) is 2. The summed E-state index contributed by atoms with van der Waals surface area (Å²) in [6.07, 6.45) is 0. The number of hydrogen-bond acceptors (Lipinski definition) is 2. The van der Waals surface area contributed by atoms with Crippen molar-refractivity contribution in [2.75, 3.05) is 11.1 Å². The van der Waals surface area contributed by atoms with Crippen LogP contribution in [0, 0.1) is 6.92 Å². The number of amides is 1. The van der Waals surface area contributed by atoms with Gasteiger partial charge in [0.25, 0.3) is 5.91 Å². The largest absolute Gasteiger partial charge is 0.399 e. The molecule has 3 N–H and O–H groups in total. The summed E-state index contributed by atoms with van der Waals surface area (Å²) in [6.45, 7) is 1.91. The summed E-state index contributed by atoms with van der Waals surface area (Å²) in [5.74, 6) is -0.237. The van der Waals surface area contributed by atoms with Crippen LogP contribution in [-0.4, -0.2) is 5.91 Å². The monoisotopic (exact) mass is 338 g/mol. The summed E-state index contributed by atoms with van der Waals surface area (Å²) in [6, 6.07) is 10.5. The zero-order chi connectivity index (χ0) is 14.0. The fourth-order valence-electron chi connectivity index (χ4n) is 1.59. The molecule has 0 heterocycles. The van der Waals surface area contributed by atoms with E-state index in [0.717, 1.165) is 5.56 Å². The summed E-state index contributed by atoms with van der Waals surface area (Å²) in [7, 11) is 0. The lowest BCUT2D eigenvalue weighted by Gasteiger charge is -2.09. The van der Waals surface area contributed by atoms with Gasteiger partial charge >= 0.3 is 0 Å². The highest BCUT2D eigenvalue weighted by atomic mass is 79.9. The number of rotatable bonds is 2. The second-order valence-electron chi connectivity index (χ2n) is 4.16. The summed E-state index contributed by atoms with van der Waals surface area (Å²) in [5, 5.41) is 3.40. The van der Waals surface area contributed by atoms with Gasteiger partial charge in [0.1, 0.15) is 0 Å². The summed E-state index contributed by atoms with van der Waals surface area (Å²) >= 11 is 9.35. The molecule has 98 valence electrons. The van der Waals surface area contributed by atoms with Gasteiger partial charge in [0, 0.05) is 20.9 Å². The predicted molar refractivity (Wildman–Crippen MR) is 82.7 cm³/mol. The number of nitrogens with two attached hydrogens (primary N) is 1. The van der Waals surface area contributed by atoms with E-state index in [1.54, 1.807) is 30.3 Å². The molecule has 0 fully saturated rings. The van der Waals surface area contributed by atoms with Gasteiger partial charge in [0.15, 0.2) is 0 Å². The predicted octanol–water partition coefficient (Wildman–Crippen LogP) is 4.25. The maximum Gasteiger partial charge on any atom is 0.256 e. The SMILES string of the molecule is Cc1ccc(NC(=O)c2cc(N)ccc2Br)cc1Cl. The minimum Gasteiger partial charge on any atom is -0.399 e. The molecule has 0 aliphatic rings. The van der Waals surface area contributed by atoms with Crippen LogP contribution in [0.15, 0.2) is 40.9 Å². The topological polar surface area (TPSA) is 55.1 Å². The summed E-state index contributed by atoms with van der Waals surface area (Å²) < 4.78 is 0.692. The molecule has 19 heavy (non-hydrogen) atoms. The zero-order valence-electron chi connectivity index (χ0n) is 10.2.